The molecule has 0 fully saturated rings. The number of benzene rings is 1. The fourth-order valence-electron chi connectivity index (χ4n) is 2.69. The van der Waals surface area contributed by atoms with E-state index < -0.39 is 17.4 Å². The van der Waals surface area contributed by atoms with Gasteiger partial charge in [-0.05, 0) is 31.0 Å². The maximum Gasteiger partial charge on any atom is 0.335 e. The summed E-state index contributed by atoms with van der Waals surface area (Å²) in [4.78, 5) is 42.9. The lowest BCUT2D eigenvalue weighted by Crippen LogP contribution is -2.34. The molecule has 0 radical (unpaired) electrons. The van der Waals surface area contributed by atoms with Gasteiger partial charge in [0.15, 0.2) is 0 Å². The molecular weight excluding hydrogens is 362 g/mol. The molecule has 1 aromatic heterocycles. The molecule has 2 rings (SSSR count). The van der Waals surface area contributed by atoms with E-state index in [-0.39, 0.29) is 23.1 Å². The standard InChI is InChI=1S/C20H25N3O5/c1-11-15(17(25)23-19(22-11)20(2,3)4)16(24)21-9-8-12-6-7-13(18(26)27)10-14(12)28-5/h6-7,10H,8-9H2,1-5H3,(H,21,24)(H,26,27)(H,22,23,25). The van der Waals surface area contributed by atoms with Crippen LogP contribution in [0.4, 0.5) is 0 Å². The molecule has 8 heteroatoms. The molecule has 1 heterocycles. The van der Waals surface area contributed by atoms with Crippen LogP contribution >= 0.6 is 0 Å². The zero-order valence-corrected chi connectivity index (χ0v) is 16.7. The molecule has 0 saturated carbocycles. The van der Waals surface area contributed by atoms with Crippen molar-refractivity contribution < 1.29 is 19.4 Å². The van der Waals surface area contributed by atoms with Gasteiger partial charge in [-0.1, -0.05) is 26.8 Å². The number of aromatic carboxylic acids is 1. The Morgan fingerprint density at radius 1 is 1.29 bits per heavy atom. The molecule has 1 amide bonds. The zero-order valence-electron chi connectivity index (χ0n) is 16.7. The summed E-state index contributed by atoms with van der Waals surface area (Å²) in [5.74, 6) is -0.596. The van der Waals surface area contributed by atoms with Crippen molar-refractivity contribution in [1.29, 1.82) is 0 Å². The number of rotatable bonds is 6. The van der Waals surface area contributed by atoms with E-state index in [1.165, 1.54) is 19.2 Å². The predicted octanol–water partition coefficient (Wildman–Crippen LogP) is 2.06. The smallest absolute Gasteiger partial charge is 0.335 e. The Morgan fingerprint density at radius 3 is 2.50 bits per heavy atom. The first-order chi connectivity index (χ1) is 13.0. The van der Waals surface area contributed by atoms with Crippen LogP contribution in [-0.2, 0) is 11.8 Å². The van der Waals surface area contributed by atoms with Gasteiger partial charge in [0, 0.05) is 12.0 Å². The van der Waals surface area contributed by atoms with Crippen molar-refractivity contribution in [2.24, 2.45) is 0 Å². The number of carboxylic acid groups (broad SMARTS) is 1. The summed E-state index contributed by atoms with van der Waals surface area (Å²) in [5, 5.41) is 11.7. The minimum absolute atomic E-state index is 0.0128. The van der Waals surface area contributed by atoms with Crippen molar-refractivity contribution >= 4 is 11.9 Å². The van der Waals surface area contributed by atoms with E-state index in [1.807, 2.05) is 20.8 Å². The molecule has 0 aliphatic rings. The van der Waals surface area contributed by atoms with Crippen molar-refractivity contribution in [3.8, 4) is 5.75 Å². The topological polar surface area (TPSA) is 121 Å². The van der Waals surface area contributed by atoms with E-state index in [9.17, 15) is 14.4 Å². The van der Waals surface area contributed by atoms with Crippen molar-refractivity contribution in [3.63, 3.8) is 0 Å². The minimum Gasteiger partial charge on any atom is -0.496 e. The van der Waals surface area contributed by atoms with Crippen molar-refractivity contribution in [2.75, 3.05) is 13.7 Å². The van der Waals surface area contributed by atoms with Crippen LogP contribution in [0.1, 0.15) is 58.6 Å². The Bertz CT molecular complexity index is 957. The van der Waals surface area contributed by atoms with E-state index in [0.29, 0.717) is 23.7 Å². The normalized spacial score (nSPS) is 11.2. The molecule has 2 aromatic rings. The lowest BCUT2D eigenvalue weighted by Gasteiger charge is -2.18. The number of amides is 1. The van der Waals surface area contributed by atoms with Gasteiger partial charge in [-0.25, -0.2) is 9.78 Å². The summed E-state index contributed by atoms with van der Waals surface area (Å²) in [5.41, 5.74) is 0.419. The highest BCUT2D eigenvalue weighted by atomic mass is 16.5. The molecule has 0 atom stereocenters. The summed E-state index contributed by atoms with van der Waals surface area (Å²) in [6.45, 7) is 7.66. The number of ether oxygens (including phenoxy) is 1. The highest BCUT2D eigenvalue weighted by Crippen LogP contribution is 2.21. The first-order valence-corrected chi connectivity index (χ1v) is 8.84. The maximum absolute atomic E-state index is 12.5. The van der Waals surface area contributed by atoms with Crippen molar-refractivity contribution in [2.45, 2.75) is 39.5 Å². The van der Waals surface area contributed by atoms with Crippen LogP contribution in [0.3, 0.4) is 0 Å². The van der Waals surface area contributed by atoms with Crippen LogP contribution < -0.4 is 15.6 Å². The summed E-state index contributed by atoms with van der Waals surface area (Å²) in [7, 11) is 1.45. The zero-order chi connectivity index (χ0) is 21.1. The maximum atomic E-state index is 12.5. The van der Waals surface area contributed by atoms with E-state index in [1.54, 1.807) is 13.0 Å². The Morgan fingerprint density at radius 2 is 1.96 bits per heavy atom. The predicted molar refractivity (Wildman–Crippen MR) is 104 cm³/mol. The van der Waals surface area contributed by atoms with Gasteiger partial charge in [0.05, 0.1) is 18.4 Å². The first-order valence-electron chi connectivity index (χ1n) is 8.84. The minimum atomic E-state index is -1.04. The highest BCUT2D eigenvalue weighted by Gasteiger charge is 2.22. The number of hydrogen-bond acceptors (Lipinski definition) is 5. The second-order valence-electron chi connectivity index (χ2n) is 7.46. The van der Waals surface area contributed by atoms with Gasteiger partial charge in [-0.2, -0.15) is 0 Å². The summed E-state index contributed by atoms with van der Waals surface area (Å²) < 4.78 is 5.22. The van der Waals surface area contributed by atoms with Crippen molar-refractivity contribution in [3.05, 3.63) is 56.8 Å². The Balaban J connectivity index is 2.11. The monoisotopic (exact) mass is 387 g/mol. The van der Waals surface area contributed by atoms with Crippen LogP contribution in [0.2, 0.25) is 0 Å². The van der Waals surface area contributed by atoms with Crippen LogP contribution in [0, 0.1) is 6.92 Å². The number of aryl methyl sites for hydroxylation is 1. The number of hydrogen-bond donors (Lipinski definition) is 3. The average Bonchev–Trinajstić information content (AvgIpc) is 2.60. The molecule has 28 heavy (non-hydrogen) atoms. The fraction of sp³-hybridized carbons (Fsp3) is 0.400. The number of carbonyl (C=O) groups excluding carboxylic acids is 1. The van der Waals surface area contributed by atoms with Crippen LogP contribution in [0.15, 0.2) is 23.0 Å². The van der Waals surface area contributed by atoms with Gasteiger partial charge >= 0.3 is 5.97 Å². The average molecular weight is 387 g/mol. The van der Waals surface area contributed by atoms with Crippen LogP contribution in [0.25, 0.3) is 0 Å². The Labute approximate surface area is 163 Å². The largest absolute Gasteiger partial charge is 0.496 e. The third-order valence-electron chi connectivity index (χ3n) is 4.25. The summed E-state index contributed by atoms with van der Waals surface area (Å²) in [6, 6.07) is 4.56. The number of carboxylic acids is 1. The fourth-order valence-corrected chi connectivity index (χ4v) is 2.69. The summed E-state index contributed by atoms with van der Waals surface area (Å²) >= 11 is 0. The molecule has 0 saturated heterocycles. The number of H-pyrrole nitrogens is 1. The van der Waals surface area contributed by atoms with Gasteiger partial charge < -0.3 is 20.1 Å². The third kappa shape index (κ3) is 4.76. The van der Waals surface area contributed by atoms with Gasteiger partial charge in [0.1, 0.15) is 17.1 Å². The lowest BCUT2D eigenvalue weighted by atomic mass is 9.95. The Hall–Kier alpha value is -3.16. The molecule has 3 N–H and O–H groups in total. The molecule has 0 bridgehead atoms. The molecule has 0 aliphatic carbocycles. The van der Waals surface area contributed by atoms with E-state index in [2.05, 4.69) is 15.3 Å². The Kier molecular flexibility index (Phi) is 6.23. The van der Waals surface area contributed by atoms with Gasteiger partial charge in [-0.15, -0.1) is 0 Å². The second-order valence-corrected chi connectivity index (χ2v) is 7.46. The number of carbonyl (C=O) groups is 2. The second kappa shape index (κ2) is 8.24. The van der Waals surface area contributed by atoms with Crippen molar-refractivity contribution in [1.82, 2.24) is 15.3 Å². The molecular formula is C20H25N3O5. The third-order valence-corrected chi connectivity index (χ3v) is 4.25. The lowest BCUT2D eigenvalue weighted by molar-refractivity contribution is 0.0696. The molecule has 150 valence electrons. The first kappa shape index (κ1) is 21.1. The van der Waals surface area contributed by atoms with Crippen LogP contribution in [0.5, 0.6) is 5.75 Å². The number of aromatic amines is 1. The van der Waals surface area contributed by atoms with E-state index >= 15 is 0 Å². The molecule has 1 aromatic carbocycles. The van der Waals surface area contributed by atoms with E-state index in [0.717, 1.165) is 5.56 Å². The summed E-state index contributed by atoms with van der Waals surface area (Å²) in [6.07, 6.45) is 0.416. The number of nitrogens with zero attached hydrogens (tertiary/aromatic N) is 1. The number of aromatic nitrogens is 2. The molecule has 0 spiro atoms. The van der Waals surface area contributed by atoms with Gasteiger partial charge in [0.2, 0.25) is 0 Å². The van der Waals surface area contributed by atoms with Crippen LogP contribution in [-0.4, -0.2) is 40.6 Å². The molecule has 0 aliphatic heterocycles. The number of nitrogens with one attached hydrogen (secondary N) is 2. The van der Waals surface area contributed by atoms with Gasteiger partial charge in [0.25, 0.3) is 11.5 Å². The number of methoxy groups -OCH3 is 1. The molecule has 8 nitrogen and oxygen atoms in total. The van der Waals surface area contributed by atoms with E-state index in [4.69, 9.17) is 9.84 Å². The SMILES string of the molecule is COc1cc(C(=O)O)ccc1CCNC(=O)c1c(C)nc(C(C)(C)C)[nH]c1=O. The van der Waals surface area contributed by atoms with Gasteiger partial charge in [-0.3, -0.25) is 9.59 Å². The highest BCUT2D eigenvalue weighted by molar-refractivity contribution is 5.94. The molecule has 0 unspecified atom stereocenters. The quantitative estimate of drug-likeness (QED) is 0.697.